The average molecular weight is 361 g/mol. The van der Waals surface area contributed by atoms with E-state index in [2.05, 4.69) is 10.3 Å². The minimum atomic E-state index is -3.33. The molecule has 1 N–H and O–H groups in total. The molecule has 0 spiro atoms. The highest BCUT2D eigenvalue weighted by atomic mass is 32.2. The van der Waals surface area contributed by atoms with Crippen LogP contribution in [0.4, 0.5) is 0 Å². The largest absolute Gasteiger partial charge is 0.351 e. The summed E-state index contributed by atoms with van der Waals surface area (Å²) < 4.78 is 24.6. The van der Waals surface area contributed by atoms with E-state index in [4.69, 9.17) is 0 Å². The predicted octanol–water partition coefficient (Wildman–Crippen LogP) is 1.99. The molecule has 0 saturated heterocycles. The van der Waals surface area contributed by atoms with Gasteiger partial charge in [0.15, 0.2) is 0 Å². The van der Waals surface area contributed by atoms with Crippen molar-refractivity contribution in [2.45, 2.75) is 13.8 Å². The Kier molecular flexibility index (Phi) is 5.92. The summed E-state index contributed by atoms with van der Waals surface area (Å²) in [6.45, 7) is 3.93. The number of benzene rings is 1. The molecule has 1 aromatic heterocycles. The molecule has 2 aromatic rings. The normalized spacial score (nSPS) is 11.6. The van der Waals surface area contributed by atoms with Crippen LogP contribution in [0, 0.1) is 13.8 Å². The molecule has 7 heteroatoms. The van der Waals surface area contributed by atoms with E-state index in [1.165, 1.54) is 14.1 Å². The van der Waals surface area contributed by atoms with Crippen molar-refractivity contribution >= 4 is 15.9 Å². The fraction of sp³-hybridized carbons (Fsp3) is 0.333. The lowest BCUT2D eigenvalue weighted by atomic mass is 10.0. The summed E-state index contributed by atoms with van der Waals surface area (Å²) in [5, 5.41) is 2.65. The van der Waals surface area contributed by atoms with Crippen LogP contribution < -0.4 is 5.32 Å². The molecule has 0 aliphatic rings. The Morgan fingerprint density at radius 1 is 1.16 bits per heavy atom. The summed E-state index contributed by atoms with van der Waals surface area (Å²) >= 11 is 0. The maximum atomic E-state index is 12.3. The van der Waals surface area contributed by atoms with Crippen LogP contribution in [-0.2, 0) is 10.0 Å². The average Bonchev–Trinajstić information content (AvgIpc) is 2.54. The van der Waals surface area contributed by atoms with E-state index in [-0.39, 0.29) is 18.2 Å². The molecule has 1 aromatic carbocycles. The molecule has 0 bridgehead atoms. The lowest BCUT2D eigenvalue weighted by Crippen LogP contribution is -2.33. The van der Waals surface area contributed by atoms with Crippen molar-refractivity contribution < 1.29 is 13.2 Å². The van der Waals surface area contributed by atoms with Crippen LogP contribution >= 0.6 is 0 Å². The van der Waals surface area contributed by atoms with Crippen molar-refractivity contribution in [2.75, 3.05) is 26.4 Å². The van der Waals surface area contributed by atoms with Gasteiger partial charge in [0.25, 0.3) is 5.91 Å². The number of aromatic nitrogens is 1. The van der Waals surface area contributed by atoms with Gasteiger partial charge in [-0.3, -0.25) is 9.78 Å². The van der Waals surface area contributed by atoms with E-state index in [9.17, 15) is 13.2 Å². The van der Waals surface area contributed by atoms with Gasteiger partial charge in [-0.2, -0.15) is 0 Å². The molecule has 0 radical (unpaired) electrons. The first-order valence-corrected chi connectivity index (χ1v) is 9.55. The van der Waals surface area contributed by atoms with Crippen molar-refractivity contribution in [1.29, 1.82) is 0 Å². The molecule has 0 atom stereocenters. The Morgan fingerprint density at radius 3 is 2.52 bits per heavy atom. The number of sulfonamides is 1. The second-order valence-corrected chi connectivity index (χ2v) is 8.32. The molecule has 0 saturated carbocycles. The number of amides is 1. The van der Waals surface area contributed by atoms with Gasteiger partial charge in [0.1, 0.15) is 0 Å². The van der Waals surface area contributed by atoms with E-state index >= 15 is 0 Å². The van der Waals surface area contributed by atoms with Gasteiger partial charge in [-0.05, 0) is 37.6 Å². The van der Waals surface area contributed by atoms with E-state index < -0.39 is 10.0 Å². The summed E-state index contributed by atoms with van der Waals surface area (Å²) in [5.74, 6) is -0.430. The van der Waals surface area contributed by atoms with Crippen LogP contribution in [0.1, 0.15) is 21.7 Å². The number of pyridine rings is 1. The maximum Gasteiger partial charge on any atom is 0.251 e. The second-order valence-electron chi connectivity index (χ2n) is 6.02. The number of carbonyl (C=O) groups excluding carboxylic acids is 1. The third-order valence-corrected chi connectivity index (χ3v) is 5.70. The van der Waals surface area contributed by atoms with E-state index in [0.717, 1.165) is 26.8 Å². The molecule has 0 aliphatic heterocycles. The number of aryl methyl sites for hydroxylation is 2. The van der Waals surface area contributed by atoms with Crippen molar-refractivity contribution in [1.82, 2.24) is 14.6 Å². The minimum Gasteiger partial charge on any atom is -0.351 e. The Hall–Kier alpha value is -2.25. The van der Waals surface area contributed by atoms with Crippen LogP contribution in [-0.4, -0.2) is 50.0 Å². The Morgan fingerprint density at radius 2 is 1.88 bits per heavy atom. The van der Waals surface area contributed by atoms with Crippen LogP contribution in [0.2, 0.25) is 0 Å². The first-order valence-electron chi connectivity index (χ1n) is 7.94. The van der Waals surface area contributed by atoms with E-state index in [1.807, 2.05) is 32.0 Å². The molecule has 0 fully saturated rings. The number of nitrogens with zero attached hydrogens (tertiary/aromatic N) is 2. The summed E-state index contributed by atoms with van der Waals surface area (Å²) in [4.78, 5) is 16.7. The highest BCUT2D eigenvalue weighted by Crippen LogP contribution is 2.23. The first kappa shape index (κ1) is 19.1. The molecule has 25 heavy (non-hydrogen) atoms. The molecule has 6 nitrogen and oxygen atoms in total. The fourth-order valence-electron chi connectivity index (χ4n) is 2.40. The summed E-state index contributed by atoms with van der Waals surface area (Å²) in [7, 11) is -0.385. The Labute approximate surface area is 148 Å². The van der Waals surface area contributed by atoms with Crippen molar-refractivity contribution in [3.63, 3.8) is 0 Å². The molecule has 1 heterocycles. The van der Waals surface area contributed by atoms with Gasteiger partial charge >= 0.3 is 0 Å². The van der Waals surface area contributed by atoms with E-state index in [0.29, 0.717) is 5.56 Å². The molecular formula is C18H23N3O3S. The van der Waals surface area contributed by atoms with Crippen LogP contribution in [0.5, 0.6) is 0 Å². The summed E-state index contributed by atoms with van der Waals surface area (Å²) in [6.07, 6.45) is 0. The quantitative estimate of drug-likeness (QED) is 0.853. The maximum absolute atomic E-state index is 12.3. The van der Waals surface area contributed by atoms with Crippen LogP contribution in [0.15, 0.2) is 36.4 Å². The number of hydrogen-bond donors (Lipinski definition) is 1. The topological polar surface area (TPSA) is 79.4 Å². The lowest BCUT2D eigenvalue weighted by Gasteiger charge is -2.12. The Bertz CT molecular complexity index is 877. The molecule has 0 aliphatic carbocycles. The molecular weight excluding hydrogens is 338 g/mol. The zero-order valence-electron chi connectivity index (χ0n) is 14.9. The lowest BCUT2D eigenvalue weighted by molar-refractivity contribution is 0.0956. The number of rotatable bonds is 6. The highest BCUT2D eigenvalue weighted by Gasteiger charge is 2.14. The number of carbonyl (C=O) groups is 1. The SMILES string of the molecule is Cc1ccc(-c2cccc(C(=O)NCCS(=O)(=O)N(C)C)c2)c(C)n1. The zero-order valence-corrected chi connectivity index (χ0v) is 15.7. The van der Waals surface area contributed by atoms with Gasteiger partial charge < -0.3 is 5.32 Å². The molecule has 2 rings (SSSR count). The summed E-state index contributed by atoms with van der Waals surface area (Å²) in [5.41, 5.74) is 4.20. The molecule has 0 unspecified atom stereocenters. The molecule has 1 amide bonds. The van der Waals surface area contributed by atoms with Gasteiger partial charge in [-0.15, -0.1) is 0 Å². The predicted molar refractivity (Wildman–Crippen MR) is 99.0 cm³/mol. The highest BCUT2D eigenvalue weighted by molar-refractivity contribution is 7.89. The molecule has 134 valence electrons. The van der Waals surface area contributed by atoms with Crippen molar-refractivity contribution in [3.8, 4) is 11.1 Å². The van der Waals surface area contributed by atoms with Crippen LogP contribution in [0.25, 0.3) is 11.1 Å². The van der Waals surface area contributed by atoms with Gasteiger partial charge in [0, 0.05) is 43.2 Å². The third-order valence-electron chi connectivity index (χ3n) is 3.86. The third kappa shape index (κ3) is 4.87. The summed E-state index contributed by atoms with van der Waals surface area (Å²) in [6, 6.07) is 11.1. The zero-order chi connectivity index (χ0) is 18.6. The van der Waals surface area contributed by atoms with Gasteiger partial charge in [-0.25, -0.2) is 12.7 Å². The van der Waals surface area contributed by atoms with E-state index in [1.54, 1.807) is 18.2 Å². The van der Waals surface area contributed by atoms with Gasteiger partial charge in [0.2, 0.25) is 10.0 Å². The number of hydrogen-bond acceptors (Lipinski definition) is 4. The Balaban J connectivity index is 2.12. The smallest absolute Gasteiger partial charge is 0.251 e. The van der Waals surface area contributed by atoms with Gasteiger partial charge in [-0.1, -0.05) is 18.2 Å². The standard InChI is InChI=1S/C18H23N3O3S/c1-13-8-9-17(14(2)20-13)15-6-5-7-16(12-15)18(22)19-10-11-25(23,24)21(3)4/h5-9,12H,10-11H2,1-4H3,(H,19,22). The van der Waals surface area contributed by atoms with Gasteiger partial charge in [0.05, 0.1) is 5.75 Å². The van der Waals surface area contributed by atoms with Crippen molar-refractivity contribution in [3.05, 3.63) is 53.3 Å². The number of nitrogens with one attached hydrogen (secondary N) is 1. The fourth-order valence-corrected chi connectivity index (χ4v) is 3.12. The second kappa shape index (κ2) is 7.76. The van der Waals surface area contributed by atoms with Crippen LogP contribution in [0.3, 0.4) is 0 Å². The minimum absolute atomic E-state index is 0.0642. The first-order chi connectivity index (χ1) is 11.7. The monoisotopic (exact) mass is 361 g/mol. The van der Waals surface area contributed by atoms with Crippen molar-refractivity contribution in [2.24, 2.45) is 0 Å².